The molecule has 5 nitrogen and oxygen atoms in total. The lowest BCUT2D eigenvalue weighted by atomic mass is 10.0. The van der Waals surface area contributed by atoms with Crippen molar-refractivity contribution in [1.29, 1.82) is 0 Å². The molecule has 0 radical (unpaired) electrons. The molecule has 1 aliphatic carbocycles. The highest BCUT2D eigenvalue weighted by Crippen LogP contribution is 2.37. The number of sulfone groups is 2. The van der Waals surface area contributed by atoms with Crippen LogP contribution in [0.1, 0.15) is 37.7 Å². The van der Waals surface area contributed by atoms with E-state index < -0.39 is 24.9 Å². The topological polar surface area (TPSA) is 81.2 Å². The van der Waals surface area contributed by atoms with Crippen LogP contribution in [-0.2, 0) is 19.7 Å². The Morgan fingerprint density at radius 1 is 1.04 bits per heavy atom. The maximum Gasteiger partial charge on any atom is 0.226 e. The van der Waals surface area contributed by atoms with Gasteiger partial charge in [-0.05, 0) is 31.9 Å². The van der Waals surface area contributed by atoms with Gasteiger partial charge in [-0.15, -0.1) is 0 Å². The van der Waals surface area contributed by atoms with E-state index in [-0.39, 0.29) is 18.6 Å². The lowest BCUT2D eigenvalue weighted by Crippen LogP contribution is -2.24. The summed E-state index contributed by atoms with van der Waals surface area (Å²) in [7, 11) is -7.61. The van der Waals surface area contributed by atoms with Crippen LogP contribution in [0.4, 0.5) is 0 Å². The zero-order chi connectivity index (χ0) is 18.2. The summed E-state index contributed by atoms with van der Waals surface area (Å²) in [6.07, 6.45) is 3.91. The molecule has 3 rings (SSSR count). The minimum absolute atomic E-state index is 0.0481. The highest BCUT2D eigenvalue weighted by molar-refractivity contribution is 7.94. The van der Waals surface area contributed by atoms with Crippen LogP contribution < -0.4 is 0 Å². The highest BCUT2D eigenvalue weighted by Gasteiger charge is 2.35. The van der Waals surface area contributed by atoms with E-state index in [1.54, 1.807) is 12.1 Å². The number of rotatable bonds is 4. The van der Waals surface area contributed by atoms with E-state index in [0.29, 0.717) is 12.8 Å². The van der Waals surface area contributed by atoms with Crippen LogP contribution in [-0.4, -0.2) is 27.1 Å². The smallest absolute Gasteiger partial charge is 0.221 e. The van der Waals surface area contributed by atoms with Gasteiger partial charge in [-0.3, -0.25) is 0 Å². The van der Waals surface area contributed by atoms with Gasteiger partial charge in [0, 0.05) is 0 Å². The predicted molar refractivity (Wildman–Crippen MR) is 97.8 cm³/mol. The summed E-state index contributed by atoms with van der Waals surface area (Å²) in [5.41, 5.74) is 0.920. The van der Waals surface area contributed by atoms with E-state index in [9.17, 15) is 16.8 Å². The average molecular weight is 420 g/mol. The largest absolute Gasteiger partial charge is 0.226 e. The first-order valence-corrected chi connectivity index (χ1v) is 12.2. The van der Waals surface area contributed by atoms with E-state index in [2.05, 4.69) is 4.98 Å². The molecule has 0 aliphatic heterocycles. The number of thiazole rings is 1. The summed E-state index contributed by atoms with van der Waals surface area (Å²) < 4.78 is 50.7. The molecule has 0 spiro atoms. The second-order valence-electron chi connectivity index (χ2n) is 6.18. The monoisotopic (exact) mass is 419 g/mol. The Kier molecular flexibility index (Phi) is 5.26. The zero-order valence-electron chi connectivity index (χ0n) is 13.6. The van der Waals surface area contributed by atoms with Crippen LogP contribution >= 0.6 is 22.9 Å². The molecule has 0 bridgehead atoms. The van der Waals surface area contributed by atoms with Crippen molar-refractivity contribution >= 4 is 42.6 Å². The SMILES string of the molecule is Cc1ccc(S(=O)(=O)c2nc(S(=O)(=O)C3CCCCC3)sc2Cl)cc1. The van der Waals surface area contributed by atoms with Gasteiger partial charge in [-0.2, -0.15) is 0 Å². The molecule has 1 heterocycles. The number of aromatic nitrogens is 1. The fraction of sp³-hybridized carbons (Fsp3) is 0.438. The fourth-order valence-corrected chi connectivity index (χ4v) is 8.32. The lowest BCUT2D eigenvalue weighted by molar-refractivity contribution is 0.483. The molecule has 1 aromatic carbocycles. The Bertz CT molecular complexity index is 973. The van der Waals surface area contributed by atoms with Gasteiger partial charge in [0.25, 0.3) is 0 Å². The molecule has 0 N–H and O–H groups in total. The van der Waals surface area contributed by atoms with E-state index in [0.717, 1.165) is 36.2 Å². The van der Waals surface area contributed by atoms with Crippen molar-refractivity contribution in [2.75, 3.05) is 0 Å². The summed E-state index contributed by atoms with van der Waals surface area (Å²) in [6, 6.07) is 6.28. The van der Waals surface area contributed by atoms with Gasteiger partial charge in [-0.1, -0.05) is 59.9 Å². The Hall–Kier alpha value is -0.960. The third kappa shape index (κ3) is 3.63. The Balaban J connectivity index is 2.01. The van der Waals surface area contributed by atoms with Gasteiger partial charge in [0.05, 0.1) is 10.1 Å². The molecule has 9 heteroatoms. The number of hydrogen-bond acceptors (Lipinski definition) is 6. The molecule has 1 fully saturated rings. The van der Waals surface area contributed by atoms with Crippen molar-refractivity contribution in [3.63, 3.8) is 0 Å². The van der Waals surface area contributed by atoms with Crippen molar-refractivity contribution in [3.05, 3.63) is 34.2 Å². The van der Waals surface area contributed by atoms with Crippen molar-refractivity contribution in [1.82, 2.24) is 4.98 Å². The summed E-state index contributed by atoms with van der Waals surface area (Å²) in [5.74, 6) is 0. The minimum Gasteiger partial charge on any atom is -0.221 e. The third-order valence-corrected chi connectivity index (χ3v) is 10.2. The number of benzene rings is 1. The van der Waals surface area contributed by atoms with Gasteiger partial charge in [0.1, 0.15) is 4.34 Å². The molecule has 0 unspecified atom stereocenters. The molecule has 1 aromatic heterocycles. The lowest BCUT2D eigenvalue weighted by Gasteiger charge is -2.20. The first-order valence-electron chi connectivity index (χ1n) is 7.95. The molecular weight excluding hydrogens is 402 g/mol. The Morgan fingerprint density at radius 2 is 1.64 bits per heavy atom. The highest BCUT2D eigenvalue weighted by atomic mass is 35.5. The molecule has 1 aliphatic rings. The van der Waals surface area contributed by atoms with Crippen molar-refractivity contribution in [2.45, 2.75) is 58.5 Å². The first kappa shape index (κ1) is 18.8. The summed E-state index contributed by atoms with van der Waals surface area (Å²) in [6.45, 7) is 1.85. The summed E-state index contributed by atoms with van der Waals surface area (Å²) in [4.78, 5) is 3.99. The van der Waals surface area contributed by atoms with Crippen LogP contribution in [0.25, 0.3) is 0 Å². The molecule has 136 valence electrons. The molecule has 25 heavy (non-hydrogen) atoms. The molecule has 2 aromatic rings. The Labute approximate surface area is 156 Å². The van der Waals surface area contributed by atoms with Crippen LogP contribution in [0.2, 0.25) is 4.34 Å². The van der Waals surface area contributed by atoms with E-state index >= 15 is 0 Å². The molecule has 0 atom stereocenters. The minimum atomic E-state index is -3.95. The number of halogens is 1. The summed E-state index contributed by atoms with van der Waals surface area (Å²) in [5, 5.41) is -0.879. The van der Waals surface area contributed by atoms with Gasteiger partial charge in [0.2, 0.25) is 24.0 Å². The van der Waals surface area contributed by atoms with Crippen molar-refractivity contribution in [2.24, 2.45) is 0 Å². The standard InChI is InChI=1S/C16H18ClNO4S3/c1-11-7-9-13(10-8-11)24(19,20)15-14(17)23-16(18-15)25(21,22)12-5-3-2-4-6-12/h7-10,12H,2-6H2,1H3. The average Bonchev–Trinajstić information content (AvgIpc) is 2.99. The van der Waals surface area contributed by atoms with Crippen LogP contribution in [0.5, 0.6) is 0 Å². The van der Waals surface area contributed by atoms with Gasteiger partial charge >= 0.3 is 0 Å². The molecule has 0 saturated heterocycles. The fourth-order valence-electron chi connectivity index (χ4n) is 2.90. The quantitative estimate of drug-likeness (QED) is 0.746. The van der Waals surface area contributed by atoms with Crippen molar-refractivity contribution in [3.8, 4) is 0 Å². The molecule has 1 saturated carbocycles. The number of hydrogen-bond donors (Lipinski definition) is 0. The normalized spacial score (nSPS) is 16.9. The number of aryl methyl sites for hydroxylation is 1. The first-order chi connectivity index (χ1) is 11.7. The molecular formula is C16H18ClNO4S3. The second kappa shape index (κ2) is 6.98. The van der Waals surface area contributed by atoms with E-state index in [4.69, 9.17) is 11.6 Å². The third-order valence-electron chi connectivity index (χ3n) is 4.36. The van der Waals surface area contributed by atoms with Crippen LogP contribution in [0, 0.1) is 6.92 Å². The van der Waals surface area contributed by atoms with Gasteiger partial charge in [-0.25, -0.2) is 21.8 Å². The number of nitrogens with zero attached hydrogens (tertiary/aromatic N) is 1. The predicted octanol–water partition coefficient (Wildman–Crippen LogP) is 4.04. The van der Waals surface area contributed by atoms with Gasteiger partial charge < -0.3 is 0 Å². The maximum atomic E-state index is 12.8. The maximum absolute atomic E-state index is 12.8. The molecule has 0 amide bonds. The zero-order valence-corrected chi connectivity index (χ0v) is 16.8. The van der Waals surface area contributed by atoms with E-state index in [1.807, 2.05) is 6.92 Å². The summed E-state index contributed by atoms with van der Waals surface area (Å²) >= 11 is 6.79. The van der Waals surface area contributed by atoms with Gasteiger partial charge in [0.15, 0.2) is 5.03 Å². The Morgan fingerprint density at radius 3 is 2.24 bits per heavy atom. The van der Waals surface area contributed by atoms with E-state index in [1.165, 1.54) is 12.1 Å². The van der Waals surface area contributed by atoms with Crippen LogP contribution in [0.3, 0.4) is 0 Å². The van der Waals surface area contributed by atoms with Crippen molar-refractivity contribution < 1.29 is 16.8 Å². The van der Waals surface area contributed by atoms with Crippen LogP contribution in [0.15, 0.2) is 38.5 Å². The second-order valence-corrected chi connectivity index (χ2v) is 12.0.